The maximum absolute atomic E-state index is 9.21. The first kappa shape index (κ1) is 6.01. The summed E-state index contributed by atoms with van der Waals surface area (Å²) in [4.78, 5) is 0. The second-order valence-corrected chi connectivity index (χ2v) is 2.48. The highest BCUT2D eigenvalue weighted by Crippen LogP contribution is 2.15. The summed E-state index contributed by atoms with van der Waals surface area (Å²) < 4.78 is 4.90. The Hall–Kier alpha value is -0.120. The van der Waals surface area contributed by atoms with Crippen molar-refractivity contribution in [3.8, 4) is 0 Å². The fourth-order valence-electron chi connectivity index (χ4n) is 0.679. The van der Waals surface area contributed by atoms with Crippen molar-refractivity contribution in [3.05, 3.63) is 0 Å². The zero-order valence-corrected chi connectivity index (χ0v) is 4.92. The average molecular weight is 117 g/mol. The van der Waals surface area contributed by atoms with Crippen molar-refractivity contribution in [1.29, 1.82) is 0 Å². The zero-order chi connectivity index (χ0) is 6.20. The van der Waals surface area contributed by atoms with Gasteiger partial charge in [0.1, 0.15) is 5.60 Å². The van der Waals surface area contributed by atoms with Crippen LogP contribution in [0.5, 0.6) is 0 Å². The van der Waals surface area contributed by atoms with E-state index >= 15 is 0 Å². The fraction of sp³-hybridized carbons (Fsp3) is 1.00. The normalized spacial score (nSPS) is 47.6. The van der Waals surface area contributed by atoms with Crippen molar-refractivity contribution in [3.63, 3.8) is 0 Å². The molecular weight excluding hydrogens is 106 g/mol. The summed E-state index contributed by atoms with van der Waals surface area (Å²) in [5.74, 6) is 0. The summed E-state index contributed by atoms with van der Waals surface area (Å²) in [5.41, 5.74) is 4.65. The van der Waals surface area contributed by atoms with Crippen molar-refractivity contribution in [2.24, 2.45) is 5.73 Å². The van der Waals surface area contributed by atoms with Crippen molar-refractivity contribution < 1.29 is 9.84 Å². The largest absolute Gasteiger partial charge is 0.386 e. The van der Waals surface area contributed by atoms with E-state index in [0.717, 1.165) is 0 Å². The summed E-state index contributed by atoms with van der Waals surface area (Å²) >= 11 is 0. The van der Waals surface area contributed by atoms with Crippen LogP contribution in [0.15, 0.2) is 0 Å². The molecule has 1 fully saturated rings. The maximum Gasteiger partial charge on any atom is 0.102 e. The molecule has 0 saturated carbocycles. The molecular formula is C5H11NO2. The van der Waals surface area contributed by atoms with Gasteiger partial charge in [-0.1, -0.05) is 0 Å². The van der Waals surface area contributed by atoms with Crippen LogP contribution in [0.3, 0.4) is 0 Å². The van der Waals surface area contributed by atoms with Gasteiger partial charge in [-0.2, -0.15) is 0 Å². The Kier molecular flexibility index (Phi) is 1.27. The van der Waals surface area contributed by atoms with E-state index in [1.54, 1.807) is 6.92 Å². The quantitative estimate of drug-likeness (QED) is 0.432. The van der Waals surface area contributed by atoms with Crippen LogP contribution in [0.4, 0.5) is 0 Å². The highest BCUT2D eigenvalue weighted by molar-refractivity contribution is 4.89. The van der Waals surface area contributed by atoms with Gasteiger partial charge >= 0.3 is 0 Å². The van der Waals surface area contributed by atoms with Gasteiger partial charge in [0.25, 0.3) is 0 Å². The number of ether oxygens (including phenoxy) is 1. The van der Waals surface area contributed by atoms with Crippen LogP contribution in [-0.2, 0) is 4.74 Å². The third-order valence-corrected chi connectivity index (χ3v) is 1.49. The monoisotopic (exact) mass is 117 g/mol. The van der Waals surface area contributed by atoms with E-state index in [9.17, 15) is 5.11 Å². The number of hydrogen-bond acceptors (Lipinski definition) is 3. The molecule has 3 nitrogen and oxygen atoms in total. The van der Waals surface area contributed by atoms with E-state index in [4.69, 9.17) is 10.5 Å². The molecule has 1 heterocycles. The molecule has 8 heavy (non-hydrogen) atoms. The predicted octanol–water partition coefficient (Wildman–Crippen LogP) is -0.905. The van der Waals surface area contributed by atoms with Crippen LogP contribution in [0.2, 0.25) is 0 Å². The van der Waals surface area contributed by atoms with Gasteiger partial charge in [0.2, 0.25) is 0 Å². The molecule has 48 valence electrons. The van der Waals surface area contributed by atoms with Crippen LogP contribution < -0.4 is 5.73 Å². The zero-order valence-electron chi connectivity index (χ0n) is 4.92. The number of rotatable bonds is 0. The van der Waals surface area contributed by atoms with Gasteiger partial charge in [-0.25, -0.2) is 0 Å². The van der Waals surface area contributed by atoms with Gasteiger partial charge in [0, 0.05) is 0 Å². The fourth-order valence-corrected chi connectivity index (χ4v) is 0.679. The van der Waals surface area contributed by atoms with Crippen LogP contribution in [0, 0.1) is 0 Å². The van der Waals surface area contributed by atoms with Crippen LogP contribution in [-0.4, -0.2) is 30.0 Å². The molecule has 3 heteroatoms. The third-order valence-electron chi connectivity index (χ3n) is 1.49. The van der Waals surface area contributed by atoms with Crippen molar-refractivity contribution in [1.82, 2.24) is 0 Å². The molecule has 1 saturated heterocycles. The number of aliphatic hydroxyl groups is 1. The van der Waals surface area contributed by atoms with Gasteiger partial charge in [-0.05, 0) is 6.92 Å². The Morgan fingerprint density at radius 1 is 1.88 bits per heavy atom. The van der Waals surface area contributed by atoms with Gasteiger partial charge in [-0.3, -0.25) is 0 Å². The third kappa shape index (κ3) is 0.844. The standard InChI is InChI=1S/C5H11NO2/c1-5(7)3-8-2-4(5)6/h4,7H,2-3,6H2,1H3/t4?,5-/m0/s1. The lowest BCUT2D eigenvalue weighted by atomic mass is 10.0. The van der Waals surface area contributed by atoms with Crippen molar-refractivity contribution in [2.75, 3.05) is 13.2 Å². The molecule has 0 amide bonds. The second kappa shape index (κ2) is 1.69. The van der Waals surface area contributed by atoms with E-state index < -0.39 is 5.60 Å². The topological polar surface area (TPSA) is 55.5 Å². The number of hydrogen-bond donors (Lipinski definition) is 2. The molecule has 0 bridgehead atoms. The van der Waals surface area contributed by atoms with E-state index in [0.29, 0.717) is 13.2 Å². The SMILES string of the molecule is C[C@]1(O)COCC1N. The Balaban J connectivity index is 2.54. The summed E-state index contributed by atoms with van der Waals surface area (Å²) in [6.07, 6.45) is 0. The minimum absolute atomic E-state index is 0.206. The van der Waals surface area contributed by atoms with Crippen molar-refractivity contribution >= 4 is 0 Å². The highest BCUT2D eigenvalue weighted by atomic mass is 16.5. The van der Waals surface area contributed by atoms with Gasteiger partial charge < -0.3 is 15.6 Å². The molecule has 1 rings (SSSR count). The molecule has 3 N–H and O–H groups in total. The van der Waals surface area contributed by atoms with E-state index in [1.807, 2.05) is 0 Å². The minimum atomic E-state index is -0.792. The minimum Gasteiger partial charge on any atom is -0.386 e. The first-order valence-electron chi connectivity index (χ1n) is 2.68. The molecule has 1 aliphatic heterocycles. The average Bonchev–Trinajstić information content (AvgIpc) is 1.86. The molecule has 0 aromatic carbocycles. The molecule has 1 aliphatic rings. The van der Waals surface area contributed by atoms with Crippen molar-refractivity contribution in [2.45, 2.75) is 18.6 Å². The molecule has 0 radical (unpaired) electrons. The molecule has 0 aliphatic carbocycles. The van der Waals surface area contributed by atoms with Crippen LogP contribution >= 0.6 is 0 Å². The lowest BCUT2D eigenvalue weighted by Gasteiger charge is -2.18. The number of nitrogens with two attached hydrogens (primary N) is 1. The second-order valence-electron chi connectivity index (χ2n) is 2.48. The molecule has 2 atom stereocenters. The van der Waals surface area contributed by atoms with Gasteiger partial charge in [-0.15, -0.1) is 0 Å². The smallest absolute Gasteiger partial charge is 0.102 e. The predicted molar refractivity (Wildman–Crippen MR) is 29.4 cm³/mol. The van der Waals surface area contributed by atoms with E-state index in [2.05, 4.69) is 0 Å². The molecule has 0 aromatic rings. The molecule has 0 aromatic heterocycles. The van der Waals surface area contributed by atoms with Crippen LogP contribution in [0.1, 0.15) is 6.92 Å². The Morgan fingerprint density at radius 3 is 2.62 bits per heavy atom. The Morgan fingerprint density at radius 2 is 2.50 bits per heavy atom. The summed E-state index contributed by atoms with van der Waals surface area (Å²) in [7, 11) is 0. The summed E-state index contributed by atoms with van der Waals surface area (Å²) in [6, 6.07) is -0.206. The lowest BCUT2D eigenvalue weighted by molar-refractivity contribution is 0.0361. The van der Waals surface area contributed by atoms with Gasteiger partial charge in [0.05, 0.1) is 19.3 Å². The van der Waals surface area contributed by atoms with Gasteiger partial charge in [0.15, 0.2) is 0 Å². The summed E-state index contributed by atoms with van der Waals surface area (Å²) in [5, 5.41) is 9.21. The Bertz CT molecular complexity index is 92.4. The lowest BCUT2D eigenvalue weighted by Crippen LogP contribution is -2.43. The van der Waals surface area contributed by atoms with E-state index in [1.165, 1.54) is 0 Å². The maximum atomic E-state index is 9.21. The summed E-state index contributed by atoms with van der Waals surface area (Å²) in [6.45, 7) is 2.53. The highest BCUT2D eigenvalue weighted by Gasteiger charge is 2.34. The molecule has 1 unspecified atom stereocenters. The first-order chi connectivity index (χ1) is 3.63. The Labute approximate surface area is 48.4 Å². The van der Waals surface area contributed by atoms with E-state index in [-0.39, 0.29) is 6.04 Å². The van der Waals surface area contributed by atoms with Crippen LogP contribution in [0.25, 0.3) is 0 Å². The first-order valence-corrected chi connectivity index (χ1v) is 2.68. The molecule has 0 spiro atoms.